The smallest absolute Gasteiger partial charge is 0.254 e. The van der Waals surface area contributed by atoms with Gasteiger partial charge in [0.2, 0.25) is 0 Å². The lowest BCUT2D eigenvalue weighted by molar-refractivity contribution is 0.0947. The largest absolute Gasteiger partial charge is 0.349 e. The molecule has 1 aliphatic carbocycles. The Hall–Kier alpha value is -3.21. The van der Waals surface area contributed by atoms with E-state index >= 15 is 4.39 Å². The highest BCUT2D eigenvalue weighted by molar-refractivity contribution is 6.03. The number of nitrogens with zero attached hydrogens (tertiary/aromatic N) is 1. The molecule has 2 N–H and O–H groups in total. The molecule has 1 saturated carbocycles. The molecule has 1 aromatic heterocycles. The molecule has 0 radical (unpaired) electrons. The third kappa shape index (κ3) is 2.44. The molecule has 0 atom stereocenters. The zero-order chi connectivity index (χ0) is 17.7. The first-order valence-corrected chi connectivity index (χ1v) is 8.67. The number of rotatable bonds is 3. The number of carbonyl (C=O) groups is 1. The Bertz CT molecular complexity index is 1160. The van der Waals surface area contributed by atoms with Crippen molar-refractivity contribution < 1.29 is 9.18 Å². The third-order valence-electron chi connectivity index (χ3n) is 4.85. The fourth-order valence-corrected chi connectivity index (χ4v) is 3.28. The summed E-state index contributed by atoms with van der Waals surface area (Å²) in [4.78, 5) is 12.3. The minimum atomic E-state index is -0.530. The first-order chi connectivity index (χ1) is 12.7. The summed E-state index contributed by atoms with van der Waals surface area (Å²) < 4.78 is 15.2. The lowest BCUT2D eigenvalue weighted by Gasteiger charge is -2.07. The van der Waals surface area contributed by atoms with Gasteiger partial charge in [0.05, 0.1) is 16.5 Å². The zero-order valence-electron chi connectivity index (χ0n) is 13.9. The van der Waals surface area contributed by atoms with E-state index in [2.05, 4.69) is 15.5 Å². The van der Waals surface area contributed by atoms with Crippen LogP contribution in [0, 0.1) is 5.82 Å². The number of halogens is 1. The number of H-pyrrole nitrogens is 1. The highest BCUT2D eigenvalue weighted by Gasteiger charge is 2.26. The molecule has 0 spiro atoms. The van der Waals surface area contributed by atoms with Crippen LogP contribution in [0.15, 0.2) is 54.6 Å². The van der Waals surface area contributed by atoms with Gasteiger partial charge in [0, 0.05) is 11.6 Å². The Morgan fingerprint density at radius 1 is 1.08 bits per heavy atom. The maximum Gasteiger partial charge on any atom is 0.254 e. The van der Waals surface area contributed by atoms with Crippen LogP contribution in [-0.4, -0.2) is 22.1 Å². The Morgan fingerprint density at radius 3 is 2.69 bits per heavy atom. The van der Waals surface area contributed by atoms with Crippen LogP contribution in [0.2, 0.25) is 0 Å². The van der Waals surface area contributed by atoms with Crippen molar-refractivity contribution in [1.82, 2.24) is 15.5 Å². The third-order valence-corrected chi connectivity index (χ3v) is 4.85. The number of carbonyl (C=O) groups excluding carboxylic acids is 1. The average molecular weight is 345 g/mol. The predicted octanol–water partition coefficient (Wildman–Crippen LogP) is 4.41. The second-order valence-corrected chi connectivity index (χ2v) is 6.73. The lowest BCUT2D eigenvalue weighted by Crippen LogP contribution is -2.26. The number of aromatic amines is 1. The van der Waals surface area contributed by atoms with E-state index in [1.807, 2.05) is 42.5 Å². The van der Waals surface area contributed by atoms with Gasteiger partial charge in [-0.2, -0.15) is 5.10 Å². The minimum Gasteiger partial charge on any atom is -0.349 e. The van der Waals surface area contributed by atoms with Crippen molar-refractivity contribution in [2.45, 2.75) is 18.9 Å². The monoisotopic (exact) mass is 345 g/mol. The van der Waals surface area contributed by atoms with Crippen LogP contribution in [0.25, 0.3) is 32.9 Å². The molecule has 0 bridgehead atoms. The number of amides is 1. The highest BCUT2D eigenvalue weighted by Crippen LogP contribution is 2.32. The van der Waals surface area contributed by atoms with Gasteiger partial charge in [0.1, 0.15) is 11.5 Å². The van der Waals surface area contributed by atoms with Gasteiger partial charge >= 0.3 is 0 Å². The number of aromatic nitrogens is 2. The molecule has 0 unspecified atom stereocenters. The van der Waals surface area contributed by atoms with Gasteiger partial charge in [0.15, 0.2) is 0 Å². The second kappa shape index (κ2) is 5.66. The van der Waals surface area contributed by atoms with Crippen LogP contribution in [0.3, 0.4) is 0 Å². The molecule has 1 heterocycles. The van der Waals surface area contributed by atoms with E-state index < -0.39 is 5.82 Å². The van der Waals surface area contributed by atoms with Crippen molar-refractivity contribution in [2.24, 2.45) is 0 Å². The van der Waals surface area contributed by atoms with Crippen LogP contribution < -0.4 is 5.32 Å². The SMILES string of the molecule is O=C(NC1CC1)c1ccc2[nH]nc(-c3ccc4ccccc4c3)c2c1F. The van der Waals surface area contributed by atoms with E-state index in [0.29, 0.717) is 16.6 Å². The maximum atomic E-state index is 15.2. The van der Waals surface area contributed by atoms with Crippen molar-refractivity contribution >= 4 is 27.6 Å². The van der Waals surface area contributed by atoms with Gasteiger partial charge in [-0.05, 0) is 41.8 Å². The topological polar surface area (TPSA) is 57.8 Å². The molecule has 1 fully saturated rings. The van der Waals surface area contributed by atoms with E-state index in [4.69, 9.17) is 0 Å². The number of hydrogen-bond donors (Lipinski definition) is 2. The summed E-state index contributed by atoms with van der Waals surface area (Å²) in [6.07, 6.45) is 1.92. The maximum absolute atomic E-state index is 15.2. The number of fused-ring (bicyclic) bond motifs is 2. The molecule has 26 heavy (non-hydrogen) atoms. The summed E-state index contributed by atoms with van der Waals surface area (Å²) in [7, 11) is 0. The molecular formula is C21H16FN3O. The standard InChI is InChI=1S/C21H16FN3O/c22-19-16(21(26)23-15-7-8-15)9-10-17-18(19)20(25-24-17)14-6-5-12-3-1-2-4-13(12)11-14/h1-6,9-11,15H,7-8H2,(H,23,26)(H,24,25). The van der Waals surface area contributed by atoms with Crippen LogP contribution in [0.1, 0.15) is 23.2 Å². The Balaban J connectivity index is 1.65. The molecule has 4 aromatic rings. The quantitative estimate of drug-likeness (QED) is 0.578. The molecule has 0 saturated heterocycles. The summed E-state index contributed by atoms with van der Waals surface area (Å²) >= 11 is 0. The number of nitrogens with one attached hydrogen (secondary N) is 2. The number of benzene rings is 3. The Labute approximate surface area is 149 Å². The summed E-state index contributed by atoms with van der Waals surface area (Å²) in [5.41, 5.74) is 1.97. The summed E-state index contributed by atoms with van der Waals surface area (Å²) in [6, 6.07) is 17.3. The van der Waals surface area contributed by atoms with E-state index in [9.17, 15) is 4.79 Å². The Kier molecular flexibility index (Phi) is 3.28. The van der Waals surface area contributed by atoms with E-state index in [0.717, 1.165) is 29.2 Å². The van der Waals surface area contributed by atoms with Crippen LogP contribution in [0.4, 0.5) is 4.39 Å². The van der Waals surface area contributed by atoms with Gasteiger partial charge in [-0.25, -0.2) is 4.39 Å². The van der Waals surface area contributed by atoms with E-state index in [-0.39, 0.29) is 17.5 Å². The minimum absolute atomic E-state index is 0.0628. The first-order valence-electron chi connectivity index (χ1n) is 8.67. The molecule has 5 rings (SSSR count). The fraction of sp³-hybridized carbons (Fsp3) is 0.143. The fourth-order valence-electron chi connectivity index (χ4n) is 3.28. The first kappa shape index (κ1) is 15.1. The Morgan fingerprint density at radius 2 is 1.88 bits per heavy atom. The van der Waals surface area contributed by atoms with E-state index in [1.165, 1.54) is 6.07 Å². The predicted molar refractivity (Wildman–Crippen MR) is 99.5 cm³/mol. The number of hydrogen-bond acceptors (Lipinski definition) is 2. The van der Waals surface area contributed by atoms with Crippen LogP contribution >= 0.6 is 0 Å². The zero-order valence-corrected chi connectivity index (χ0v) is 13.9. The van der Waals surface area contributed by atoms with Gasteiger partial charge in [-0.15, -0.1) is 0 Å². The highest BCUT2D eigenvalue weighted by atomic mass is 19.1. The van der Waals surface area contributed by atoms with Crippen LogP contribution in [-0.2, 0) is 0 Å². The van der Waals surface area contributed by atoms with Crippen molar-refractivity contribution in [1.29, 1.82) is 0 Å². The van der Waals surface area contributed by atoms with Crippen LogP contribution in [0.5, 0.6) is 0 Å². The second-order valence-electron chi connectivity index (χ2n) is 6.73. The molecule has 5 heteroatoms. The molecule has 128 valence electrons. The van der Waals surface area contributed by atoms with Crippen molar-refractivity contribution in [3.8, 4) is 11.3 Å². The summed E-state index contributed by atoms with van der Waals surface area (Å²) in [5, 5.41) is 12.5. The van der Waals surface area contributed by atoms with Gasteiger partial charge in [-0.1, -0.05) is 36.4 Å². The average Bonchev–Trinajstić information content (AvgIpc) is 3.36. The van der Waals surface area contributed by atoms with Crippen molar-refractivity contribution in [2.75, 3.05) is 0 Å². The van der Waals surface area contributed by atoms with Crippen molar-refractivity contribution in [3.05, 3.63) is 66.0 Å². The van der Waals surface area contributed by atoms with E-state index in [1.54, 1.807) is 6.07 Å². The normalized spacial score (nSPS) is 14.0. The molecular weight excluding hydrogens is 329 g/mol. The molecule has 4 nitrogen and oxygen atoms in total. The van der Waals surface area contributed by atoms with Gasteiger partial charge in [-0.3, -0.25) is 9.89 Å². The van der Waals surface area contributed by atoms with Crippen molar-refractivity contribution in [3.63, 3.8) is 0 Å². The molecule has 1 amide bonds. The van der Waals surface area contributed by atoms with Gasteiger partial charge < -0.3 is 5.32 Å². The lowest BCUT2D eigenvalue weighted by atomic mass is 10.0. The molecule has 3 aromatic carbocycles. The summed E-state index contributed by atoms with van der Waals surface area (Å²) in [5.74, 6) is -0.893. The van der Waals surface area contributed by atoms with Gasteiger partial charge in [0.25, 0.3) is 5.91 Å². The summed E-state index contributed by atoms with van der Waals surface area (Å²) in [6.45, 7) is 0. The molecule has 0 aliphatic heterocycles. The molecule has 1 aliphatic rings.